The summed E-state index contributed by atoms with van der Waals surface area (Å²) in [6, 6.07) is 9.94. The highest BCUT2D eigenvalue weighted by Crippen LogP contribution is 2.42. The molecule has 5 rings (SSSR count). The highest BCUT2D eigenvalue weighted by atomic mass is 32.2. The lowest BCUT2D eigenvalue weighted by Crippen LogP contribution is -2.08. The number of hydrogen-bond donors (Lipinski definition) is 0. The first-order chi connectivity index (χ1) is 13.2. The first-order valence-electron chi connectivity index (χ1n) is 8.99. The maximum absolute atomic E-state index is 4.76. The number of thiophene rings is 1. The molecule has 8 heteroatoms. The van der Waals surface area contributed by atoms with Gasteiger partial charge < -0.3 is 0 Å². The molecule has 0 bridgehead atoms. The zero-order chi connectivity index (χ0) is 18.4. The monoisotopic (exact) mass is 394 g/mol. The highest BCUT2D eigenvalue weighted by molar-refractivity contribution is 7.99. The first-order valence-corrected chi connectivity index (χ1v) is 10.6. The lowest BCUT2D eigenvalue weighted by atomic mass is 9.89. The summed E-state index contributed by atoms with van der Waals surface area (Å²) in [5.41, 5.74) is 2.36. The minimum Gasteiger partial charge on any atom is -0.226 e. The Morgan fingerprint density at radius 1 is 1.19 bits per heavy atom. The molecule has 1 atom stereocenters. The van der Waals surface area contributed by atoms with Gasteiger partial charge in [0.1, 0.15) is 15.7 Å². The van der Waals surface area contributed by atoms with Crippen molar-refractivity contribution in [3.8, 4) is 5.69 Å². The topological polar surface area (TPSA) is 69.4 Å². The van der Waals surface area contributed by atoms with Crippen LogP contribution in [0.4, 0.5) is 0 Å². The van der Waals surface area contributed by atoms with Crippen LogP contribution in [0.15, 0.2) is 40.5 Å². The van der Waals surface area contributed by atoms with Gasteiger partial charge in [0.25, 0.3) is 0 Å². The normalized spacial score (nSPS) is 16.6. The third-order valence-electron chi connectivity index (χ3n) is 4.86. The smallest absolute Gasteiger partial charge is 0.220 e. The number of para-hydroxylation sites is 1. The van der Waals surface area contributed by atoms with E-state index >= 15 is 0 Å². The molecular weight excluding hydrogens is 376 g/mol. The summed E-state index contributed by atoms with van der Waals surface area (Å²) in [6.07, 6.45) is 3.46. The zero-order valence-electron chi connectivity index (χ0n) is 15.1. The molecule has 0 spiro atoms. The van der Waals surface area contributed by atoms with E-state index in [1.165, 1.54) is 34.0 Å². The number of rotatable bonds is 3. The van der Waals surface area contributed by atoms with Gasteiger partial charge in [-0.2, -0.15) is 4.68 Å². The molecule has 3 aromatic heterocycles. The summed E-state index contributed by atoms with van der Waals surface area (Å²) < 4.78 is 1.76. The number of benzene rings is 1. The number of aromatic nitrogens is 6. The van der Waals surface area contributed by atoms with E-state index in [4.69, 9.17) is 9.97 Å². The van der Waals surface area contributed by atoms with Crippen molar-refractivity contribution in [2.45, 2.75) is 43.3 Å². The second-order valence-corrected chi connectivity index (χ2v) is 8.96. The van der Waals surface area contributed by atoms with Gasteiger partial charge in [-0.05, 0) is 72.0 Å². The van der Waals surface area contributed by atoms with Crippen molar-refractivity contribution in [2.24, 2.45) is 5.92 Å². The second kappa shape index (κ2) is 6.69. The van der Waals surface area contributed by atoms with Crippen molar-refractivity contribution in [3.05, 3.63) is 46.6 Å². The van der Waals surface area contributed by atoms with Crippen LogP contribution in [-0.2, 0) is 12.8 Å². The van der Waals surface area contributed by atoms with Crippen LogP contribution in [0.3, 0.4) is 0 Å². The molecule has 6 nitrogen and oxygen atoms in total. The van der Waals surface area contributed by atoms with Gasteiger partial charge in [-0.1, -0.05) is 25.1 Å². The van der Waals surface area contributed by atoms with Crippen LogP contribution in [0, 0.1) is 12.8 Å². The molecule has 1 aliphatic carbocycles. The minimum atomic E-state index is 0.713. The summed E-state index contributed by atoms with van der Waals surface area (Å²) in [6.45, 7) is 4.28. The molecule has 0 saturated carbocycles. The van der Waals surface area contributed by atoms with E-state index in [1.54, 1.807) is 4.68 Å². The SMILES string of the molecule is Cc1nc(Sc2nnnn2-c2ccccc2)c2c3c(sc2n1)CC(C)CC3. The predicted molar refractivity (Wildman–Crippen MR) is 107 cm³/mol. The van der Waals surface area contributed by atoms with Crippen LogP contribution < -0.4 is 0 Å². The third-order valence-corrected chi connectivity index (χ3v) is 6.94. The molecule has 0 N–H and O–H groups in total. The van der Waals surface area contributed by atoms with Crippen LogP contribution in [0.25, 0.3) is 15.9 Å². The largest absolute Gasteiger partial charge is 0.226 e. The van der Waals surface area contributed by atoms with Crippen molar-refractivity contribution in [1.29, 1.82) is 0 Å². The molecule has 0 fully saturated rings. The Morgan fingerprint density at radius 3 is 2.89 bits per heavy atom. The average molecular weight is 395 g/mol. The molecule has 4 aromatic rings. The van der Waals surface area contributed by atoms with Crippen LogP contribution in [0.2, 0.25) is 0 Å². The van der Waals surface area contributed by atoms with Gasteiger partial charge in [0.2, 0.25) is 5.16 Å². The quantitative estimate of drug-likeness (QED) is 0.484. The van der Waals surface area contributed by atoms with Gasteiger partial charge >= 0.3 is 0 Å². The molecule has 0 amide bonds. The van der Waals surface area contributed by atoms with Gasteiger partial charge in [-0.3, -0.25) is 0 Å². The Balaban J connectivity index is 1.62. The van der Waals surface area contributed by atoms with Crippen molar-refractivity contribution in [3.63, 3.8) is 0 Å². The van der Waals surface area contributed by atoms with Crippen molar-refractivity contribution in [1.82, 2.24) is 30.2 Å². The lowest BCUT2D eigenvalue weighted by Gasteiger charge is -2.18. The standard InChI is InChI=1S/C19H18N6S2/c1-11-8-9-14-15(10-11)26-17-16(14)18(21-12(2)20-17)27-19-22-23-24-25(19)13-6-4-3-5-7-13/h3-7,11H,8-10H2,1-2H3. The molecular formula is C19H18N6S2. The molecule has 1 aliphatic rings. The molecule has 0 aliphatic heterocycles. The van der Waals surface area contributed by atoms with Crippen LogP contribution in [0.5, 0.6) is 0 Å². The maximum Gasteiger partial charge on any atom is 0.220 e. The van der Waals surface area contributed by atoms with Crippen molar-refractivity contribution in [2.75, 3.05) is 0 Å². The number of fused-ring (bicyclic) bond motifs is 3. The Labute approximate surface area is 165 Å². The fraction of sp³-hybridized carbons (Fsp3) is 0.316. The van der Waals surface area contributed by atoms with E-state index in [-0.39, 0.29) is 0 Å². The molecule has 1 unspecified atom stereocenters. The van der Waals surface area contributed by atoms with E-state index in [0.717, 1.165) is 40.1 Å². The van der Waals surface area contributed by atoms with Gasteiger partial charge in [0.05, 0.1) is 5.69 Å². The van der Waals surface area contributed by atoms with E-state index in [2.05, 4.69) is 22.4 Å². The third kappa shape index (κ3) is 3.02. The lowest BCUT2D eigenvalue weighted by molar-refractivity contribution is 0.509. The predicted octanol–water partition coefficient (Wildman–Crippen LogP) is 4.25. The van der Waals surface area contributed by atoms with Crippen molar-refractivity contribution >= 4 is 33.3 Å². The maximum atomic E-state index is 4.76. The molecule has 1 aromatic carbocycles. The average Bonchev–Trinajstić information content (AvgIpc) is 3.25. The van der Waals surface area contributed by atoms with Crippen LogP contribution >= 0.6 is 23.1 Å². The molecule has 27 heavy (non-hydrogen) atoms. The van der Waals surface area contributed by atoms with E-state index in [9.17, 15) is 0 Å². The fourth-order valence-corrected chi connectivity index (χ4v) is 6.02. The molecule has 0 saturated heterocycles. The van der Waals surface area contributed by atoms with E-state index in [0.29, 0.717) is 5.16 Å². The molecule has 3 heterocycles. The first kappa shape index (κ1) is 16.8. The van der Waals surface area contributed by atoms with E-state index < -0.39 is 0 Å². The minimum absolute atomic E-state index is 0.713. The highest BCUT2D eigenvalue weighted by Gasteiger charge is 2.25. The van der Waals surface area contributed by atoms with Gasteiger partial charge in [0, 0.05) is 10.3 Å². The molecule has 136 valence electrons. The number of nitrogens with zero attached hydrogens (tertiary/aromatic N) is 6. The number of aryl methyl sites for hydroxylation is 2. The van der Waals surface area contributed by atoms with Crippen LogP contribution in [0.1, 0.15) is 29.6 Å². The Morgan fingerprint density at radius 2 is 2.04 bits per heavy atom. The fourth-order valence-electron chi connectivity index (χ4n) is 3.54. The summed E-state index contributed by atoms with van der Waals surface area (Å²) in [5.74, 6) is 1.52. The second-order valence-electron chi connectivity index (χ2n) is 6.92. The van der Waals surface area contributed by atoms with Crippen molar-refractivity contribution < 1.29 is 0 Å². The Bertz CT molecular complexity index is 1120. The van der Waals surface area contributed by atoms with Gasteiger partial charge in [-0.15, -0.1) is 16.4 Å². The summed E-state index contributed by atoms with van der Waals surface area (Å²) in [4.78, 5) is 12.0. The number of tetrazole rings is 1. The summed E-state index contributed by atoms with van der Waals surface area (Å²) in [7, 11) is 0. The zero-order valence-corrected chi connectivity index (χ0v) is 16.7. The van der Waals surface area contributed by atoms with Gasteiger partial charge in [0.15, 0.2) is 0 Å². The van der Waals surface area contributed by atoms with Crippen LogP contribution in [-0.4, -0.2) is 30.2 Å². The Hall–Kier alpha value is -2.32. The van der Waals surface area contributed by atoms with Gasteiger partial charge in [-0.25, -0.2) is 9.97 Å². The molecule has 0 radical (unpaired) electrons. The van der Waals surface area contributed by atoms with E-state index in [1.807, 2.05) is 48.6 Å². The summed E-state index contributed by atoms with van der Waals surface area (Å²) >= 11 is 3.34. The Kier molecular flexibility index (Phi) is 4.17. The number of hydrogen-bond acceptors (Lipinski definition) is 7. The summed E-state index contributed by atoms with van der Waals surface area (Å²) in [5, 5.41) is 15.2.